The average Bonchev–Trinajstić information content (AvgIpc) is 3.15. The topological polar surface area (TPSA) is 71.2 Å². The van der Waals surface area contributed by atoms with Crippen LogP contribution in [0.25, 0.3) is 11.0 Å². The van der Waals surface area contributed by atoms with Crippen molar-refractivity contribution in [1.82, 2.24) is 15.0 Å². The molecule has 0 spiro atoms. The number of hydrogen-bond acceptors (Lipinski definition) is 4. The maximum Gasteiger partial charge on any atom is 0.215 e. The Balaban J connectivity index is 1.91. The Bertz CT molecular complexity index is 1210. The van der Waals surface area contributed by atoms with Gasteiger partial charge in [0.1, 0.15) is 17.1 Å². The van der Waals surface area contributed by atoms with Gasteiger partial charge in [0, 0.05) is 11.0 Å². The van der Waals surface area contributed by atoms with E-state index in [1.165, 1.54) is 4.80 Å². The number of allylic oxidation sites excluding steroid dienone is 2. The van der Waals surface area contributed by atoms with E-state index >= 15 is 0 Å². The molecule has 5 nitrogen and oxygen atoms in total. The summed E-state index contributed by atoms with van der Waals surface area (Å²) < 4.78 is 0. The highest BCUT2D eigenvalue weighted by atomic mass is 16.5. The highest BCUT2D eigenvalue weighted by Gasteiger charge is 2.50. The van der Waals surface area contributed by atoms with Crippen molar-refractivity contribution in [2.24, 2.45) is 10.8 Å². The largest absolute Gasteiger partial charge is 0.360 e. The Hall–Kier alpha value is -2.76. The maximum absolute atomic E-state index is 11.7. The van der Waals surface area contributed by atoms with E-state index in [2.05, 4.69) is 44.8 Å². The van der Waals surface area contributed by atoms with E-state index in [9.17, 15) is 10.2 Å². The molecule has 1 aliphatic rings. The van der Waals surface area contributed by atoms with Gasteiger partial charge in [-0.25, -0.2) is 0 Å². The van der Waals surface area contributed by atoms with Gasteiger partial charge >= 0.3 is 0 Å². The normalized spacial score (nSPS) is 19.1. The van der Waals surface area contributed by atoms with Gasteiger partial charge in [-0.05, 0) is 46.6 Å². The van der Waals surface area contributed by atoms with Crippen molar-refractivity contribution < 1.29 is 10.2 Å². The van der Waals surface area contributed by atoms with Crippen molar-refractivity contribution in [3.63, 3.8) is 0 Å². The summed E-state index contributed by atoms with van der Waals surface area (Å²) in [6, 6.07) is 16.7. The van der Waals surface area contributed by atoms with Crippen LogP contribution in [-0.2, 0) is 5.41 Å². The molecule has 1 aromatic heterocycles. The van der Waals surface area contributed by atoms with E-state index in [4.69, 9.17) is 0 Å². The second-order valence-corrected chi connectivity index (χ2v) is 12.0. The smallest absolute Gasteiger partial charge is 0.215 e. The summed E-state index contributed by atoms with van der Waals surface area (Å²) in [6.07, 6.45) is 4.88. The fourth-order valence-electron chi connectivity index (χ4n) is 5.48. The lowest BCUT2D eigenvalue weighted by molar-refractivity contribution is -0.164. The second-order valence-electron chi connectivity index (χ2n) is 12.0. The van der Waals surface area contributed by atoms with E-state index < -0.39 is 17.2 Å². The summed E-state index contributed by atoms with van der Waals surface area (Å²) in [5, 5.41) is 32.7. The van der Waals surface area contributed by atoms with Gasteiger partial charge in [0.25, 0.3) is 0 Å². The van der Waals surface area contributed by atoms with Gasteiger partial charge in [-0.2, -0.15) is 15.0 Å². The molecule has 4 rings (SSSR count). The van der Waals surface area contributed by atoms with Crippen LogP contribution < -0.4 is 0 Å². The fourth-order valence-corrected chi connectivity index (χ4v) is 5.48. The Morgan fingerprint density at radius 2 is 1.35 bits per heavy atom. The predicted molar refractivity (Wildman–Crippen MR) is 137 cm³/mol. The molecule has 0 amide bonds. The van der Waals surface area contributed by atoms with Gasteiger partial charge in [0.2, 0.25) is 5.79 Å². The van der Waals surface area contributed by atoms with Crippen molar-refractivity contribution in [3.8, 4) is 0 Å². The van der Waals surface area contributed by atoms with Gasteiger partial charge in [0.05, 0.1) is 0 Å². The summed E-state index contributed by atoms with van der Waals surface area (Å²) in [4.78, 5) is 1.46. The summed E-state index contributed by atoms with van der Waals surface area (Å²) in [5.41, 5.74) is 3.34. The summed E-state index contributed by atoms with van der Waals surface area (Å²) in [7, 11) is 0. The van der Waals surface area contributed by atoms with E-state index in [-0.39, 0.29) is 10.8 Å². The minimum absolute atomic E-state index is 0.106. The van der Waals surface area contributed by atoms with Crippen LogP contribution in [0.2, 0.25) is 0 Å². The van der Waals surface area contributed by atoms with E-state index in [1.54, 1.807) is 0 Å². The lowest BCUT2D eigenvalue weighted by Gasteiger charge is -2.44. The van der Waals surface area contributed by atoms with Crippen LogP contribution >= 0.6 is 0 Å². The van der Waals surface area contributed by atoms with Crippen LogP contribution in [-0.4, -0.2) is 31.0 Å². The zero-order valence-electron chi connectivity index (χ0n) is 21.4. The van der Waals surface area contributed by atoms with Crippen LogP contribution in [0.4, 0.5) is 0 Å². The van der Waals surface area contributed by atoms with Gasteiger partial charge in [-0.3, -0.25) is 0 Å². The Kier molecular flexibility index (Phi) is 5.86. The second kappa shape index (κ2) is 8.17. The molecule has 5 heteroatoms. The van der Waals surface area contributed by atoms with Gasteiger partial charge in [-0.1, -0.05) is 97.0 Å². The molecule has 0 saturated heterocycles. The first-order valence-electron chi connectivity index (χ1n) is 12.0. The summed E-state index contributed by atoms with van der Waals surface area (Å²) >= 11 is 0. The number of aliphatic hydroxyl groups is 2. The predicted octanol–water partition coefficient (Wildman–Crippen LogP) is 5.96. The quantitative estimate of drug-likeness (QED) is 0.462. The molecule has 1 unspecified atom stereocenters. The molecule has 1 atom stereocenters. The molecule has 0 bridgehead atoms. The Morgan fingerprint density at radius 1 is 0.824 bits per heavy atom. The van der Waals surface area contributed by atoms with Crippen molar-refractivity contribution in [2.75, 3.05) is 0 Å². The standard InChI is InChI=1S/C29H37N3O2/c1-26(2,3)19-27(4,5)21-17-24(28(6,7)20-13-9-8-10-14-20)29(33,34)25(18-21)32-30-22-15-11-12-16-23(22)31-32/h8-18,25,33-34H,19H2,1-7H3. The number of rotatable bonds is 5. The van der Waals surface area contributed by atoms with E-state index in [0.29, 0.717) is 5.57 Å². The van der Waals surface area contributed by atoms with E-state index in [0.717, 1.165) is 28.6 Å². The molecule has 1 heterocycles. The molecule has 0 fully saturated rings. The number of aromatic nitrogens is 3. The minimum atomic E-state index is -2.17. The first-order chi connectivity index (χ1) is 15.7. The van der Waals surface area contributed by atoms with Crippen molar-refractivity contribution in [2.45, 2.75) is 72.1 Å². The number of hydrogen-bond donors (Lipinski definition) is 2. The molecule has 0 saturated carbocycles. The molecule has 2 aromatic carbocycles. The molecule has 1 aliphatic carbocycles. The monoisotopic (exact) mass is 459 g/mol. The molecule has 3 aromatic rings. The van der Waals surface area contributed by atoms with Gasteiger partial charge in [-0.15, -0.1) is 0 Å². The first-order valence-corrected chi connectivity index (χ1v) is 12.0. The molecule has 2 N–H and O–H groups in total. The fraction of sp³-hybridized carbons (Fsp3) is 0.448. The van der Waals surface area contributed by atoms with Crippen LogP contribution in [0.15, 0.2) is 77.9 Å². The third kappa shape index (κ3) is 4.47. The molecule has 0 aliphatic heterocycles. The number of benzene rings is 2. The molecular formula is C29H37N3O2. The SMILES string of the molecule is CC(C)(C)CC(C)(C)C1=CC(n2nc3ccccc3n2)C(O)(O)C(C(C)(C)c2ccccc2)=C1. The van der Waals surface area contributed by atoms with Crippen molar-refractivity contribution >= 4 is 11.0 Å². The van der Waals surface area contributed by atoms with Crippen LogP contribution in [0.1, 0.15) is 66.5 Å². The maximum atomic E-state index is 11.7. The van der Waals surface area contributed by atoms with Crippen molar-refractivity contribution in [1.29, 1.82) is 0 Å². The van der Waals surface area contributed by atoms with Gasteiger partial charge < -0.3 is 10.2 Å². The summed E-state index contributed by atoms with van der Waals surface area (Å²) in [6.45, 7) is 15.2. The molecule has 34 heavy (non-hydrogen) atoms. The Morgan fingerprint density at radius 3 is 1.88 bits per heavy atom. The lowest BCUT2D eigenvalue weighted by Crippen LogP contribution is -2.49. The summed E-state index contributed by atoms with van der Waals surface area (Å²) in [5.74, 6) is -2.17. The van der Waals surface area contributed by atoms with E-state index in [1.807, 2.05) is 80.6 Å². The third-order valence-corrected chi connectivity index (χ3v) is 6.92. The highest BCUT2D eigenvalue weighted by Crippen LogP contribution is 2.49. The number of fused-ring (bicyclic) bond motifs is 1. The highest BCUT2D eigenvalue weighted by molar-refractivity contribution is 5.73. The molecule has 180 valence electrons. The Labute approximate surface area is 202 Å². The van der Waals surface area contributed by atoms with Gasteiger partial charge in [0.15, 0.2) is 0 Å². The number of nitrogens with zero attached hydrogens (tertiary/aromatic N) is 3. The first kappa shape index (κ1) is 24.4. The van der Waals surface area contributed by atoms with Crippen LogP contribution in [0.5, 0.6) is 0 Å². The lowest BCUT2D eigenvalue weighted by atomic mass is 9.65. The zero-order chi connectivity index (χ0) is 24.9. The molecular weight excluding hydrogens is 422 g/mol. The van der Waals surface area contributed by atoms with Crippen molar-refractivity contribution in [3.05, 3.63) is 83.5 Å². The average molecular weight is 460 g/mol. The minimum Gasteiger partial charge on any atom is -0.360 e. The molecule has 0 radical (unpaired) electrons. The third-order valence-electron chi connectivity index (χ3n) is 6.92. The van der Waals surface area contributed by atoms with Crippen LogP contribution in [0, 0.1) is 10.8 Å². The van der Waals surface area contributed by atoms with Crippen LogP contribution in [0.3, 0.4) is 0 Å². The zero-order valence-corrected chi connectivity index (χ0v) is 21.4.